The lowest BCUT2D eigenvalue weighted by Crippen LogP contribution is -2.26. The summed E-state index contributed by atoms with van der Waals surface area (Å²) < 4.78 is 22.9. The van der Waals surface area contributed by atoms with Crippen molar-refractivity contribution in [2.24, 2.45) is 0 Å². The molecular formula is C15H25ClNO4P. The summed E-state index contributed by atoms with van der Waals surface area (Å²) in [7, 11) is -3.13. The van der Waals surface area contributed by atoms with Crippen molar-refractivity contribution >= 4 is 25.1 Å². The molecule has 0 aliphatic carbocycles. The number of esters is 1. The third-order valence-electron chi connectivity index (χ3n) is 2.31. The topological polar surface area (TPSA) is 64.6 Å². The highest BCUT2D eigenvalue weighted by atomic mass is 35.5. The Morgan fingerprint density at radius 3 is 2.27 bits per heavy atom. The minimum Gasteiger partial charge on any atom is -0.462 e. The number of nitrogens with one attached hydrogen (secondary N) is 1. The largest absolute Gasteiger partial charge is 0.462 e. The average Bonchev–Trinajstić information content (AvgIpc) is 2.49. The predicted octanol–water partition coefficient (Wildman–Crippen LogP) is 4.50. The summed E-state index contributed by atoms with van der Waals surface area (Å²) in [6.07, 6.45) is 0.0485. The number of halogens is 1. The molecule has 1 N–H and O–H groups in total. The van der Waals surface area contributed by atoms with Gasteiger partial charge < -0.3 is 9.26 Å². The van der Waals surface area contributed by atoms with Crippen LogP contribution in [0.5, 0.6) is 5.75 Å². The van der Waals surface area contributed by atoms with Crippen molar-refractivity contribution in [2.75, 3.05) is 12.7 Å². The molecule has 22 heavy (non-hydrogen) atoms. The van der Waals surface area contributed by atoms with Crippen LogP contribution in [0, 0.1) is 0 Å². The van der Waals surface area contributed by atoms with Crippen LogP contribution >= 0.6 is 19.1 Å². The molecule has 0 heterocycles. The van der Waals surface area contributed by atoms with Gasteiger partial charge >= 0.3 is 13.5 Å². The van der Waals surface area contributed by atoms with Gasteiger partial charge in [0, 0.05) is 11.2 Å². The Morgan fingerprint density at radius 2 is 1.82 bits per heavy atom. The number of ether oxygens (including phenoxy) is 1. The van der Waals surface area contributed by atoms with Crippen LogP contribution in [0.2, 0.25) is 5.02 Å². The van der Waals surface area contributed by atoms with Crippen molar-refractivity contribution in [3.63, 3.8) is 0 Å². The molecule has 0 amide bonds. The van der Waals surface area contributed by atoms with Gasteiger partial charge in [-0.1, -0.05) is 32.4 Å². The first-order valence-electron chi connectivity index (χ1n) is 7.33. The normalized spacial score (nSPS) is 12.9. The zero-order valence-electron chi connectivity index (χ0n) is 13.8. The first-order chi connectivity index (χ1) is 10.3. The van der Waals surface area contributed by atoms with Gasteiger partial charge in [0.1, 0.15) is 12.3 Å². The molecular weight excluding hydrogens is 325 g/mol. The van der Waals surface area contributed by atoms with Gasteiger partial charge in [-0.25, -0.2) is 5.09 Å². The third-order valence-corrected chi connectivity index (χ3v) is 4.54. The SMILES string of the molecule is CC.CCP(=O)(NCC(=O)OC(C)C)Oc1ccc(Cl)cc1. The Morgan fingerprint density at radius 1 is 1.27 bits per heavy atom. The molecule has 0 aliphatic rings. The molecule has 0 aliphatic heterocycles. The smallest absolute Gasteiger partial charge is 0.320 e. The van der Waals surface area contributed by atoms with Crippen LogP contribution in [0.3, 0.4) is 0 Å². The molecule has 0 fully saturated rings. The van der Waals surface area contributed by atoms with Gasteiger partial charge in [-0.15, -0.1) is 0 Å². The van der Waals surface area contributed by atoms with E-state index in [2.05, 4.69) is 5.09 Å². The summed E-state index contributed by atoms with van der Waals surface area (Å²) in [6, 6.07) is 6.53. The van der Waals surface area contributed by atoms with E-state index in [4.69, 9.17) is 20.9 Å². The Hall–Kier alpha value is -1.03. The first kappa shape index (κ1) is 21.0. The van der Waals surface area contributed by atoms with E-state index in [-0.39, 0.29) is 18.8 Å². The van der Waals surface area contributed by atoms with E-state index in [1.54, 1.807) is 45.0 Å². The molecule has 126 valence electrons. The van der Waals surface area contributed by atoms with E-state index in [0.29, 0.717) is 10.8 Å². The quantitative estimate of drug-likeness (QED) is 0.580. The van der Waals surface area contributed by atoms with Gasteiger partial charge in [0.2, 0.25) is 0 Å². The molecule has 1 unspecified atom stereocenters. The standard InChI is InChI=1S/C13H19ClNO4P.C2H6/c1-4-20(17,15-9-13(16)18-10(2)3)19-12-7-5-11(14)6-8-12;1-2/h5-8,10H,4,9H2,1-3H3,(H,15,17);1-2H3. The van der Waals surface area contributed by atoms with Gasteiger partial charge in [-0.2, -0.15) is 0 Å². The van der Waals surface area contributed by atoms with Crippen LogP contribution in [-0.4, -0.2) is 24.8 Å². The third kappa shape index (κ3) is 8.42. The van der Waals surface area contributed by atoms with Crippen LogP contribution in [0.1, 0.15) is 34.6 Å². The molecule has 1 aromatic rings. The molecule has 0 spiro atoms. The summed E-state index contributed by atoms with van der Waals surface area (Å²) in [5, 5.41) is 3.21. The van der Waals surface area contributed by atoms with E-state index in [9.17, 15) is 9.36 Å². The highest BCUT2D eigenvalue weighted by molar-refractivity contribution is 7.57. The van der Waals surface area contributed by atoms with Crippen molar-refractivity contribution in [2.45, 2.75) is 40.7 Å². The fourth-order valence-electron chi connectivity index (χ4n) is 1.36. The van der Waals surface area contributed by atoms with Gasteiger partial charge in [0.15, 0.2) is 0 Å². The average molecular weight is 350 g/mol. The van der Waals surface area contributed by atoms with Gasteiger partial charge in [-0.05, 0) is 38.1 Å². The number of hydrogen-bond acceptors (Lipinski definition) is 4. The molecule has 0 bridgehead atoms. The Bertz CT molecular complexity index is 491. The lowest BCUT2D eigenvalue weighted by molar-refractivity contribution is -0.145. The molecule has 5 nitrogen and oxygen atoms in total. The van der Waals surface area contributed by atoms with Gasteiger partial charge in [-0.3, -0.25) is 9.36 Å². The second-order valence-corrected chi connectivity index (χ2v) is 7.32. The predicted molar refractivity (Wildman–Crippen MR) is 90.8 cm³/mol. The molecule has 1 atom stereocenters. The van der Waals surface area contributed by atoms with Gasteiger partial charge in [0.05, 0.1) is 6.10 Å². The number of rotatable bonds is 7. The number of carbonyl (C=O) groups is 1. The summed E-state index contributed by atoms with van der Waals surface area (Å²) in [6.45, 7) is 9.07. The van der Waals surface area contributed by atoms with Crippen LogP contribution in [0.25, 0.3) is 0 Å². The lowest BCUT2D eigenvalue weighted by atomic mass is 10.3. The monoisotopic (exact) mass is 349 g/mol. The maximum Gasteiger partial charge on any atom is 0.320 e. The van der Waals surface area contributed by atoms with Crippen molar-refractivity contribution < 1.29 is 18.6 Å². The lowest BCUT2D eigenvalue weighted by Gasteiger charge is -2.19. The minimum atomic E-state index is -3.13. The summed E-state index contributed by atoms with van der Waals surface area (Å²) in [4.78, 5) is 11.4. The fourth-order valence-corrected chi connectivity index (χ4v) is 2.74. The van der Waals surface area contributed by atoms with Gasteiger partial charge in [0.25, 0.3) is 0 Å². The first-order valence-corrected chi connectivity index (χ1v) is 9.52. The van der Waals surface area contributed by atoms with E-state index in [1.165, 1.54) is 0 Å². The summed E-state index contributed by atoms with van der Waals surface area (Å²) in [5.41, 5.74) is 0. The summed E-state index contributed by atoms with van der Waals surface area (Å²) in [5.74, 6) is -0.0299. The number of carbonyl (C=O) groups excluding carboxylic acids is 1. The maximum atomic E-state index is 12.5. The Labute approximate surface area is 137 Å². The second-order valence-electron chi connectivity index (χ2n) is 4.41. The minimum absolute atomic E-state index is 0.156. The Balaban J connectivity index is 0.00000211. The van der Waals surface area contributed by atoms with Crippen LogP contribution in [0.15, 0.2) is 24.3 Å². The van der Waals surface area contributed by atoms with E-state index < -0.39 is 13.5 Å². The fraction of sp³-hybridized carbons (Fsp3) is 0.533. The molecule has 0 saturated carbocycles. The Kier molecular flexibility index (Phi) is 10.2. The molecule has 1 aromatic carbocycles. The van der Waals surface area contributed by atoms with Crippen molar-refractivity contribution in [3.05, 3.63) is 29.3 Å². The van der Waals surface area contributed by atoms with Crippen LogP contribution in [0.4, 0.5) is 0 Å². The molecule has 0 saturated heterocycles. The highest BCUT2D eigenvalue weighted by Crippen LogP contribution is 2.42. The zero-order chi connectivity index (χ0) is 17.2. The van der Waals surface area contributed by atoms with Crippen LogP contribution < -0.4 is 9.61 Å². The molecule has 1 rings (SSSR count). The van der Waals surface area contributed by atoms with Crippen molar-refractivity contribution in [1.82, 2.24) is 5.09 Å². The van der Waals surface area contributed by atoms with E-state index in [1.807, 2.05) is 13.8 Å². The summed E-state index contributed by atoms with van der Waals surface area (Å²) >= 11 is 5.77. The second kappa shape index (κ2) is 10.7. The molecule has 7 heteroatoms. The highest BCUT2D eigenvalue weighted by Gasteiger charge is 2.23. The van der Waals surface area contributed by atoms with Crippen LogP contribution in [-0.2, 0) is 14.1 Å². The zero-order valence-corrected chi connectivity index (χ0v) is 15.4. The number of benzene rings is 1. The number of hydrogen-bond donors (Lipinski definition) is 1. The molecule has 0 aromatic heterocycles. The van der Waals surface area contributed by atoms with E-state index in [0.717, 1.165) is 0 Å². The van der Waals surface area contributed by atoms with E-state index >= 15 is 0 Å². The maximum absolute atomic E-state index is 12.5. The molecule has 0 radical (unpaired) electrons. The van der Waals surface area contributed by atoms with Crippen molar-refractivity contribution in [1.29, 1.82) is 0 Å². The van der Waals surface area contributed by atoms with Crippen molar-refractivity contribution in [3.8, 4) is 5.75 Å².